The average Bonchev–Trinajstić information content (AvgIpc) is 3.70. The van der Waals surface area contributed by atoms with Gasteiger partial charge in [-0.05, 0) is 47.5 Å². The maximum Gasteiger partial charge on any atom is 0.416 e. The molecule has 0 spiro atoms. The van der Waals surface area contributed by atoms with Gasteiger partial charge >= 0.3 is 12.4 Å². The number of rotatable bonds is 8. The molecular formula is C32H28F6N4O3S. The van der Waals surface area contributed by atoms with E-state index in [0.29, 0.717) is 60.5 Å². The van der Waals surface area contributed by atoms with Gasteiger partial charge in [0.25, 0.3) is 5.91 Å². The summed E-state index contributed by atoms with van der Waals surface area (Å²) < 4.78 is 90.6. The zero-order valence-corrected chi connectivity index (χ0v) is 25.1. The fourth-order valence-corrected chi connectivity index (χ4v) is 6.26. The zero-order valence-electron chi connectivity index (χ0n) is 24.3. The Morgan fingerprint density at radius 1 is 0.783 bits per heavy atom. The number of carbonyl (C=O) groups is 1. The van der Waals surface area contributed by atoms with Crippen molar-refractivity contribution < 1.29 is 40.6 Å². The number of carbonyl (C=O) groups excluding carboxylic acids is 1. The van der Waals surface area contributed by atoms with Crippen molar-refractivity contribution in [2.24, 2.45) is 0 Å². The van der Waals surface area contributed by atoms with Crippen LogP contribution in [0.2, 0.25) is 0 Å². The summed E-state index contributed by atoms with van der Waals surface area (Å²) in [6, 6.07) is 15.8. The van der Waals surface area contributed by atoms with Gasteiger partial charge in [0, 0.05) is 50.3 Å². The number of aromatic nitrogens is 1. The lowest BCUT2D eigenvalue weighted by Gasteiger charge is -2.36. The number of thiazole rings is 1. The van der Waals surface area contributed by atoms with Crippen LogP contribution in [0.15, 0.2) is 72.1 Å². The first-order valence-electron chi connectivity index (χ1n) is 14.4. The number of benzene rings is 3. The molecule has 3 heterocycles. The molecule has 0 bridgehead atoms. The summed E-state index contributed by atoms with van der Waals surface area (Å²) in [5.41, 5.74) is 0.572. The number of ether oxygens (including phenoxy) is 2. The maximum absolute atomic E-state index is 13.4. The summed E-state index contributed by atoms with van der Waals surface area (Å²) in [6.45, 7) is 2.30. The number of fused-ring (bicyclic) bond motifs is 1. The van der Waals surface area contributed by atoms with E-state index in [0.717, 1.165) is 29.8 Å². The molecule has 0 unspecified atom stereocenters. The van der Waals surface area contributed by atoms with E-state index >= 15 is 0 Å². The van der Waals surface area contributed by atoms with E-state index < -0.39 is 23.5 Å². The van der Waals surface area contributed by atoms with E-state index in [1.165, 1.54) is 23.5 Å². The number of hydrogen-bond acceptors (Lipinski definition) is 7. The van der Waals surface area contributed by atoms with Crippen molar-refractivity contribution >= 4 is 22.9 Å². The minimum Gasteiger partial charge on any atom is -0.454 e. The molecule has 1 amide bonds. The SMILES string of the molecule is O=C(c1csc(CN(Cc2cccc(C(F)(F)F)c2)Cc2ccc3c(c2)OCO3)n1)N1CCN(c2cccc(C(F)(F)F)c2)CC1. The molecule has 1 fully saturated rings. The molecule has 1 aromatic heterocycles. The molecule has 0 saturated carbocycles. The van der Waals surface area contributed by atoms with Crippen molar-refractivity contribution in [1.29, 1.82) is 0 Å². The van der Waals surface area contributed by atoms with Gasteiger partial charge in [0.2, 0.25) is 6.79 Å². The fourth-order valence-electron chi connectivity index (χ4n) is 5.45. The highest BCUT2D eigenvalue weighted by molar-refractivity contribution is 7.09. The van der Waals surface area contributed by atoms with Crippen LogP contribution in [-0.4, -0.2) is 53.7 Å². The van der Waals surface area contributed by atoms with Crippen molar-refractivity contribution in [3.63, 3.8) is 0 Å². The Morgan fingerprint density at radius 3 is 2.15 bits per heavy atom. The number of anilines is 1. The number of amides is 1. The van der Waals surface area contributed by atoms with E-state index in [4.69, 9.17) is 9.47 Å². The van der Waals surface area contributed by atoms with Gasteiger partial charge in [0.1, 0.15) is 10.7 Å². The summed E-state index contributed by atoms with van der Waals surface area (Å²) in [7, 11) is 0. The van der Waals surface area contributed by atoms with E-state index in [-0.39, 0.29) is 31.5 Å². The van der Waals surface area contributed by atoms with Crippen molar-refractivity contribution in [3.8, 4) is 11.5 Å². The molecular weight excluding hydrogens is 634 g/mol. The molecule has 0 atom stereocenters. The average molecular weight is 663 g/mol. The quantitative estimate of drug-likeness (QED) is 0.188. The van der Waals surface area contributed by atoms with E-state index in [9.17, 15) is 31.1 Å². The number of halogens is 6. The molecule has 46 heavy (non-hydrogen) atoms. The second-order valence-electron chi connectivity index (χ2n) is 11.0. The van der Waals surface area contributed by atoms with Gasteiger partial charge in [-0.2, -0.15) is 26.3 Å². The van der Waals surface area contributed by atoms with Gasteiger partial charge in [-0.3, -0.25) is 9.69 Å². The maximum atomic E-state index is 13.4. The minimum atomic E-state index is -4.47. The van der Waals surface area contributed by atoms with Crippen LogP contribution < -0.4 is 14.4 Å². The molecule has 0 N–H and O–H groups in total. The Bertz CT molecular complexity index is 1700. The van der Waals surface area contributed by atoms with E-state index in [1.54, 1.807) is 28.5 Å². The van der Waals surface area contributed by atoms with Crippen LogP contribution >= 0.6 is 11.3 Å². The number of alkyl halides is 6. The lowest BCUT2D eigenvalue weighted by Crippen LogP contribution is -2.49. The second kappa shape index (κ2) is 12.8. The Labute approximate surface area is 264 Å². The van der Waals surface area contributed by atoms with E-state index in [1.807, 2.05) is 21.9 Å². The van der Waals surface area contributed by atoms with Gasteiger partial charge in [-0.1, -0.05) is 30.3 Å². The molecule has 7 nitrogen and oxygen atoms in total. The minimum absolute atomic E-state index is 0.114. The van der Waals surface area contributed by atoms with Crippen LogP contribution in [0.25, 0.3) is 0 Å². The molecule has 3 aromatic carbocycles. The lowest BCUT2D eigenvalue weighted by atomic mass is 10.1. The first-order valence-corrected chi connectivity index (χ1v) is 15.2. The molecule has 0 aliphatic carbocycles. The summed E-state index contributed by atoms with van der Waals surface area (Å²) in [5, 5.41) is 2.26. The Morgan fingerprint density at radius 2 is 1.43 bits per heavy atom. The number of piperazine rings is 1. The number of hydrogen-bond donors (Lipinski definition) is 0. The molecule has 0 radical (unpaired) electrons. The topological polar surface area (TPSA) is 58.1 Å². The summed E-state index contributed by atoms with van der Waals surface area (Å²) in [4.78, 5) is 23.2. The molecule has 14 heteroatoms. The third-order valence-corrected chi connectivity index (χ3v) is 8.57. The van der Waals surface area contributed by atoms with Gasteiger partial charge in [0.15, 0.2) is 11.5 Å². The highest BCUT2D eigenvalue weighted by Gasteiger charge is 2.32. The van der Waals surface area contributed by atoms with Gasteiger partial charge in [-0.15, -0.1) is 11.3 Å². The van der Waals surface area contributed by atoms with Crippen LogP contribution in [-0.2, 0) is 32.0 Å². The van der Waals surface area contributed by atoms with Crippen LogP contribution in [0.1, 0.15) is 37.7 Å². The van der Waals surface area contributed by atoms with Gasteiger partial charge in [0.05, 0.1) is 17.7 Å². The molecule has 2 aliphatic heterocycles. The van der Waals surface area contributed by atoms with E-state index in [2.05, 4.69) is 4.98 Å². The molecule has 1 saturated heterocycles. The zero-order chi connectivity index (χ0) is 32.5. The van der Waals surface area contributed by atoms with Crippen molar-refractivity contribution in [3.05, 3.63) is 105 Å². The monoisotopic (exact) mass is 662 g/mol. The third kappa shape index (κ3) is 7.39. The molecule has 4 aromatic rings. The first kappa shape index (κ1) is 31.7. The fraction of sp³-hybridized carbons (Fsp3) is 0.312. The third-order valence-electron chi connectivity index (χ3n) is 7.74. The Hall–Kier alpha value is -4.30. The Balaban J connectivity index is 1.13. The van der Waals surface area contributed by atoms with Gasteiger partial charge in [-0.25, -0.2) is 4.98 Å². The second-order valence-corrected chi connectivity index (χ2v) is 11.9. The molecule has 6 rings (SSSR count). The summed E-state index contributed by atoms with van der Waals surface area (Å²) in [6.07, 6.45) is -8.91. The van der Waals surface area contributed by atoms with Crippen molar-refractivity contribution in [1.82, 2.24) is 14.8 Å². The smallest absolute Gasteiger partial charge is 0.416 e. The lowest BCUT2D eigenvalue weighted by molar-refractivity contribution is -0.138. The van der Waals surface area contributed by atoms with Crippen LogP contribution in [0.3, 0.4) is 0 Å². The highest BCUT2D eigenvalue weighted by atomic mass is 32.1. The normalized spacial score (nSPS) is 15.1. The summed E-state index contributed by atoms with van der Waals surface area (Å²) in [5.74, 6) is 0.921. The molecule has 242 valence electrons. The first-order chi connectivity index (χ1) is 21.9. The van der Waals surface area contributed by atoms with Crippen molar-refractivity contribution in [2.75, 3.05) is 37.9 Å². The van der Waals surface area contributed by atoms with Gasteiger partial charge < -0.3 is 19.3 Å². The Kier molecular flexibility index (Phi) is 8.84. The predicted molar refractivity (Wildman–Crippen MR) is 159 cm³/mol. The predicted octanol–water partition coefficient (Wildman–Crippen LogP) is 7.07. The van der Waals surface area contributed by atoms with Crippen molar-refractivity contribution in [2.45, 2.75) is 32.0 Å². The highest BCUT2D eigenvalue weighted by Crippen LogP contribution is 2.34. The number of nitrogens with zero attached hydrogens (tertiary/aromatic N) is 4. The molecule has 2 aliphatic rings. The largest absolute Gasteiger partial charge is 0.454 e. The van der Waals surface area contributed by atoms with Crippen LogP contribution in [0.5, 0.6) is 11.5 Å². The standard InChI is InChI=1S/C32H28F6N4O3S/c33-31(34,35)23-4-1-3-21(13-23)16-40(17-22-7-8-27-28(14-22)45-20-44-27)18-29-39-26(19-46-29)30(43)42-11-9-41(10-12-42)25-6-2-5-24(15-25)32(36,37)38/h1-8,13-15,19H,9-12,16-18,20H2. The summed E-state index contributed by atoms with van der Waals surface area (Å²) >= 11 is 1.28. The van der Waals surface area contributed by atoms with Crippen LogP contribution in [0, 0.1) is 0 Å². The van der Waals surface area contributed by atoms with Crippen LogP contribution in [0.4, 0.5) is 32.0 Å².